The highest BCUT2D eigenvalue weighted by Gasteiger charge is 2.35. The van der Waals surface area contributed by atoms with Gasteiger partial charge in [-0.05, 0) is 87.9 Å². The first-order valence-electron chi connectivity index (χ1n) is 13.6. The van der Waals surface area contributed by atoms with Crippen molar-refractivity contribution in [2.75, 3.05) is 31.5 Å². The van der Waals surface area contributed by atoms with Gasteiger partial charge in [0.1, 0.15) is 5.82 Å². The van der Waals surface area contributed by atoms with Crippen molar-refractivity contribution in [2.45, 2.75) is 73.1 Å². The molecule has 6 nitrogen and oxygen atoms in total. The Kier molecular flexibility index (Phi) is 9.88. The maximum atomic E-state index is 13.8. The standard InChI is InChI=1S/C21H20FN3O2.C4H9N.2C2H6/c1-11-17(21(27)25-8-2-3-9-25)13-5-6-14(19(13)23-11)18-15-10-12(22)4-7-16(15)24-20(18)26;1-2-4-5-3-1;2*1-2/h4,7,10,23H,2-3,5-6,8-9H2,1H3,(H,24,26);5H,1-4H2;2*1-2H3/b18-14-;;;. The van der Waals surface area contributed by atoms with E-state index >= 15 is 0 Å². The van der Waals surface area contributed by atoms with E-state index in [2.05, 4.69) is 15.6 Å². The fourth-order valence-corrected chi connectivity index (χ4v) is 5.24. The number of carbonyl (C=O) groups excluding carboxylic acids is 2. The lowest BCUT2D eigenvalue weighted by Gasteiger charge is -2.15. The van der Waals surface area contributed by atoms with Gasteiger partial charge in [0.25, 0.3) is 11.8 Å². The van der Waals surface area contributed by atoms with E-state index in [1.165, 1.54) is 38.1 Å². The quantitative estimate of drug-likeness (QED) is 0.428. The summed E-state index contributed by atoms with van der Waals surface area (Å²) in [6.45, 7) is 14.0. The monoisotopic (exact) mass is 496 g/mol. The van der Waals surface area contributed by atoms with E-state index in [0.29, 0.717) is 29.7 Å². The number of aromatic amines is 1. The highest BCUT2D eigenvalue weighted by Crippen LogP contribution is 2.44. The highest BCUT2D eigenvalue weighted by atomic mass is 19.1. The van der Waals surface area contributed by atoms with E-state index in [0.717, 1.165) is 54.0 Å². The molecule has 0 unspecified atom stereocenters. The van der Waals surface area contributed by atoms with Gasteiger partial charge in [-0.15, -0.1) is 0 Å². The number of carbonyl (C=O) groups is 2. The van der Waals surface area contributed by atoms with E-state index in [9.17, 15) is 14.0 Å². The average molecular weight is 497 g/mol. The summed E-state index contributed by atoms with van der Waals surface area (Å²) in [5.74, 6) is -0.497. The number of nitrogens with one attached hydrogen (secondary N) is 3. The number of hydrogen-bond acceptors (Lipinski definition) is 3. The molecule has 0 radical (unpaired) electrons. The van der Waals surface area contributed by atoms with E-state index in [1.807, 2.05) is 39.5 Å². The van der Waals surface area contributed by atoms with Gasteiger partial charge in [0.05, 0.1) is 11.1 Å². The number of aromatic nitrogens is 1. The molecule has 0 saturated carbocycles. The largest absolute Gasteiger partial charge is 0.358 e. The number of fused-ring (bicyclic) bond motifs is 2. The second kappa shape index (κ2) is 12.9. The molecule has 2 amide bonds. The summed E-state index contributed by atoms with van der Waals surface area (Å²) in [6, 6.07) is 4.34. The number of amides is 2. The summed E-state index contributed by atoms with van der Waals surface area (Å²) in [7, 11) is 0. The molecular formula is C29H41FN4O2. The van der Waals surface area contributed by atoms with Gasteiger partial charge >= 0.3 is 0 Å². The zero-order valence-corrected chi connectivity index (χ0v) is 22.4. The van der Waals surface area contributed by atoms with Crippen LogP contribution in [-0.2, 0) is 11.2 Å². The third-order valence-corrected chi connectivity index (χ3v) is 6.81. The molecule has 1 aromatic carbocycles. The molecule has 2 fully saturated rings. The Morgan fingerprint density at radius 1 is 0.972 bits per heavy atom. The molecule has 3 N–H and O–H groups in total. The predicted molar refractivity (Wildman–Crippen MR) is 146 cm³/mol. The Hall–Kier alpha value is -2.93. The van der Waals surface area contributed by atoms with Crippen LogP contribution in [0.5, 0.6) is 0 Å². The summed E-state index contributed by atoms with van der Waals surface area (Å²) in [6.07, 6.45) is 6.26. The van der Waals surface area contributed by atoms with Crippen LogP contribution in [0.3, 0.4) is 0 Å². The molecule has 196 valence electrons. The normalized spacial score (nSPS) is 19.3. The van der Waals surface area contributed by atoms with Gasteiger partial charge in [0, 0.05) is 35.7 Å². The highest BCUT2D eigenvalue weighted by molar-refractivity contribution is 6.37. The third-order valence-electron chi connectivity index (χ3n) is 6.81. The topological polar surface area (TPSA) is 77.2 Å². The molecular weight excluding hydrogens is 455 g/mol. The summed E-state index contributed by atoms with van der Waals surface area (Å²) in [4.78, 5) is 30.8. The maximum absolute atomic E-state index is 13.8. The van der Waals surface area contributed by atoms with Crippen LogP contribution in [0.25, 0.3) is 11.1 Å². The number of halogens is 1. The summed E-state index contributed by atoms with van der Waals surface area (Å²) < 4.78 is 13.8. The van der Waals surface area contributed by atoms with Gasteiger partial charge in [0.2, 0.25) is 0 Å². The molecule has 0 spiro atoms. The minimum atomic E-state index is -0.367. The number of hydrogen-bond donors (Lipinski definition) is 3. The van der Waals surface area contributed by atoms with Crippen LogP contribution in [0.4, 0.5) is 10.1 Å². The minimum Gasteiger partial charge on any atom is -0.358 e. The fourth-order valence-electron chi connectivity index (χ4n) is 5.24. The Morgan fingerprint density at radius 3 is 2.25 bits per heavy atom. The van der Waals surface area contributed by atoms with Crippen molar-refractivity contribution >= 4 is 28.6 Å². The van der Waals surface area contributed by atoms with Crippen LogP contribution in [-0.4, -0.2) is 47.9 Å². The molecule has 4 aliphatic rings. The molecule has 2 saturated heterocycles. The second-order valence-corrected chi connectivity index (χ2v) is 8.93. The average Bonchev–Trinajstić information content (AvgIpc) is 3.71. The Balaban J connectivity index is 0.000000348. The van der Waals surface area contributed by atoms with Gasteiger partial charge < -0.3 is 20.5 Å². The summed E-state index contributed by atoms with van der Waals surface area (Å²) >= 11 is 0. The lowest BCUT2D eigenvalue weighted by molar-refractivity contribution is -0.110. The zero-order valence-electron chi connectivity index (χ0n) is 22.4. The van der Waals surface area contributed by atoms with Crippen molar-refractivity contribution in [3.8, 4) is 0 Å². The van der Waals surface area contributed by atoms with Crippen molar-refractivity contribution in [2.24, 2.45) is 0 Å². The second-order valence-electron chi connectivity index (χ2n) is 8.93. The first-order valence-corrected chi connectivity index (χ1v) is 13.6. The number of H-pyrrole nitrogens is 1. The lowest BCUT2D eigenvalue weighted by atomic mass is 9.99. The van der Waals surface area contributed by atoms with Gasteiger partial charge in [-0.2, -0.15) is 0 Å². The van der Waals surface area contributed by atoms with Gasteiger partial charge in [-0.3, -0.25) is 9.59 Å². The molecule has 3 aliphatic heterocycles. The molecule has 2 aromatic rings. The Labute approximate surface area is 214 Å². The number of likely N-dealkylation sites (tertiary alicyclic amines) is 1. The Bertz CT molecular complexity index is 1100. The summed E-state index contributed by atoms with van der Waals surface area (Å²) in [5.41, 5.74) is 6.06. The van der Waals surface area contributed by atoms with Crippen LogP contribution >= 0.6 is 0 Å². The number of allylic oxidation sites excluding steroid dienone is 1. The summed E-state index contributed by atoms with van der Waals surface area (Å²) in [5, 5.41) is 6.04. The van der Waals surface area contributed by atoms with E-state index < -0.39 is 0 Å². The van der Waals surface area contributed by atoms with Gasteiger partial charge in [0.15, 0.2) is 0 Å². The third kappa shape index (κ3) is 5.56. The predicted octanol–water partition coefficient (Wildman–Crippen LogP) is 5.93. The smallest absolute Gasteiger partial charge is 0.256 e. The number of nitrogens with zero attached hydrogens (tertiary/aromatic N) is 1. The fraction of sp³-hybridized carbons (Fsp3) is 0.517. The van der Waals surface area contributed by atoms with Crippen LogP contribution in [0.1, 0.15) is 92.7 Å². The van der Waals surface area contributed by atoms with Crippen molar-refractivity contribution in [1.82, 2.24) is 15.2 Å². The first-order chi connectivity index (χ1) is 17.5. The van der Waals surface area contributed by atoms with Gasteiger partial charge in [-0.25, -0.2) is 4.39 Å². The molecule has 0 atom stereocenters. The Morgan fingerprint density at radius 2 is 1.64 bits per heavy atom. The van der Waals surface area contributed by atoms with Crippen molar-refractivity contribution in [3.05, 3.63) is 52.1 Å². The van der Waals surface area contributed by atoms with Crippen LogP contribution in [0, 0.1) is 12.7 Å². The van der Waals surface area contributed by atoms with Crippen LogP contribution in [0.15, 0.2) is 18.2 Å². The SMILES string of the molecule is C1CCNC1.CC.CC.Cc1[nH]c2c(c1C(=O)N1CCCC1)CC/C2=C1/C(=O)Nc2ccc(F)cc21. The van der Waals surface area contributed by atoms with Crippen molar-refractivity contribution in [3.63, 3.8) is 0 Å². The van der Waals surface area contributed by atoms with E-state index in [-0.39, 0.29) is 17.6 Å². The lowest BCUT2D eigenvalue weighted by Crippen LogP contribution is -2.28. The van der Waals surface area contributed by atoms with E-state index in [1.54, 1.807) is 6.07 Å². The molecule has 1 aromatic heterocycles. The molecule has 1 aliphatic carbocycles. The van der Waals surface area contributed by atoms with Crippen LogP contribution < -0.4 is 10.6 Å². The van der Waals surface area contributed by atoms with Crippen molar-refractivity contribution in [1.29, 1.82) is 0 Å². The molecule has 36 heavy (non-hydrogen) atoms. The molecule has 7 heteroatoms. The molecule has 4 heterocycles. The minimum absolute atomic E-state index is 0.0797. The first kappa shape index (κ1) is 27.7. The number of aryl methyl sites for hydroxylation is 1. The molecule has 0 bridgehead atoms. The maximum Gasteiger partial charge on any atom is 0.256 e. The number of benzene rings is 1. The number of rotatable bonds is 1. The molecule has 6 rings (SSSR count). The van der Waals surface area contributed by atoms with E-state index in [4.69, 9.17) is 0 Å². The van der Waals surface area contributed by atoms with Crippen LogP contribution in [0.2, 0.25) is 0 Å². The zero-order chi connectivity index (χ0) is 26.2. The van der Waals surface area contributed by atoms with Gasteiger partial charge in [-0.1, -0.05) is 27.7 Å². The van der Waals surface area contributed by atoms with Crippen molar-refractivity contribution < 1.29 is 14.0 Å². The number of anilines is 1.